The Bertz CT molecular complexity index is 1160. The predicted molar refractivity (Wildman–Crippen MR) is 139 cm³/mol. The summed E-state index contributed by atoms with van der Waals surface area (Å²) in [5.74, 6) is 0. The molecule has 7 heteroatoms. The van der Waals surface area contributed by atoms with E-state index in [9.17, 15) is 0 Å². The highest BCUT2D eigenvalue weighted by atomic mass is 127. The zero-order valence-electron chi connectivity index (χ0n) is 19.6. The van der Waals surface area contributed by atoms with E-state index >= 15 is 0 Å². The topological polar surface area (TPSA) is 13.6 Å². The van der Waals surface area contributed by atoms with Crippen LogP contribution in [-0.2, 0) is 6.54 Å². The van der Waals surface area contributed by atoms with E-state index < -0.39 is 0 Å². The van der Waals surface area contributed by atoms with Crippen LogP contribution in [0.2, 0.25) is 0 Å². The summed E-state index contributed by atoms with van der Waals surface area (Å²) in [6.45, 7) is 6.35. The Morgan fingerprint density at radius 2 is 1.66 bits per heavy atom. The number of nitrogens with zero attached hydrogens (tertiary/aromatic N) is 4. The Labute approximate surface area is 217 Å². The van der Waals surface area contributed by atoms with Crippen LogP contribution in [0.1, 0.15) is 18.9 Å². The van der Waals surface area contributed by atoms with E-state index in [0.717, 1.165) is 13.1 Å². The van der Waals surface area contributed by atoms with Crippen molar-refractivity contribution in [3.63, 3.8) is 0 Å². The van der Waals surface area contributed by atoms with Gasteiger partial charge in [0.1, 0.15) is 11.2 Å². The van der Waals surface area contributed by atoms with Crippen LogP contribution in [0.5, 0.6) is 0 Å². The number of aryl methyl sites for hydroxylation is 1. The molecule has 0 aliphatic carbocycles. The number of anilines is 3. The lowest BCUT2D eigenvalue weighted by molar-refractivity contribution is -0.665. The third-order valence-electron chi connectivity index (χ3n) is 5.57. The highest BCUT2D eigenvalue weighted by molar-refractivity contribution is 8.03. The van der Waals surface area contributed by atoms with Crippen LogP contribution in [-0.4, -0.2) is 34.7 Å². The van der Waals surface area contributed by atoms with Gasteiger partial charge in [-0.05, 0) is 50.3 Å². The fourth-order valence-electron chi connectivity index (χ4n) is 3.85. The average Bonchev–Trinajstić information content (AvgIpc) is 3.29. The maximum atomic E-state index is 2.40. The number of thioether (sulfide) groups is 1. The summed E-state index contributed by atoms with van der Waals surface area (Å²) in [4.78, 5) is 8.05. The monoisotopic (exact) mass is 578 g/mol. The second kappa shape index (κ2) is 10.5. The number of hydrogen-bond donors (Lipinski definition) is 0. The van der Waals surface area contributed by atoms with Gasteiger partial charge in [0.05, 0.1) is 10.7 Å². The smallest absolute Gasteiger partial charge is 0.262 e. The summed E-state index contributed by atoms with van der Waals surface area (Å²) in [6, 6.07) is 13.4. The van der Waals surface area contributed by atoms with Gasteiger partial charge >= 0.3 is 0 Å². The van der Waals surface area contributed by atoms with Crippen LogP contribution in [0, 0.1) is 0 Å². The maximum Gasteiger partial charge on any atom is 0.262 e. The summed E-state index contributed by atoms with van der Waals surface area (Å²) in [6.07, 6.45) is 6.70. The lowest BCUT2D eigenvalue weighted by Gasteiger charge is -2.20. The summed E-state index contributed by atoms with van der Waals surface area (Å²) >= 11 is 3.71. The molecular weight excluding hydrogens is 547 g/mol. The largest absolute Gasteiger partial charge is 1.00 e. The Kier molecular flexibility index (Phi) is 8.16. The van der Waals surface area contributed by atoms with Gasteiger partial charge in [0.2, 0.25) is 5.52 Å². The molecule has 0 bridgehead atoms. The van der Waals surface area contributed by atoms with E-state index in [-0.39, 0.29) is 24.0 Å². The second-order valence-corrected chi connectivity index (χ2v) is 10.1. The molecular formula is C25H31IN4S2. The van der Waals surface area contributed by atoms with E-state index in [1.165, 1.54) is 42.2 Å². The quantitative estimate of drug-likeness (QED) is 0.330. The van der Waals surface area contributed by atoms with Crippen molar-refractivity contribution in [1.82, 2.24) is 0 Å². The van der Waals surface area contributed by atoms with Crippen molar-refractivity contribution >= 4 is 56.5 Å². The maximum absolute atomic E-state index is 2.40. The molecule has 0 amide bonds. The molecule has 0 saturated carbocycles. The zero-order valence-corrected chi connectivity index (χ0v) is 23.4. The number of aromatic nitrogens is 1. The van der Waals surface area contributed by atoms with Gasteiger partial charge in [0.25, 0.3) is 5.01 Å². The molecule has 0 atom stereocenters. The van der Waals surface area contributed by atoms with Crippen LogP contribution < -0.4 is 43.2 Å². The lowest BCUT2D eigenvalue weighted by atomic mass is 10.2. The van der Waals surface area contributed by atoms with Crippen molar-refractivity contribution < 1.29 is 28.5 Å². The fraction of sp³-hybridized carbons (Fsp3) is 0.320. The minimum absolute atomic E-state index is 0. The van der Waals surface area contributed by atoms with Crippen molar-refractivity contribution in [2.45, 2.75) is 25.3 Å². The highest BCUT2D eigenvalue weighted by Gasteiger charge is 2.24. The SMILES string of the molecule is CCN1C(=CC=Cc2sc3ccc(N(C)C)cc3[n+]2CC)Sc2ccc(N(C)C)cc21.[I-]. The standard InChI is InChI=1S/C25H31N4S2.HI/c1-7-28-20-16-18(26(3)4)12-14-22(20)30-24(28)10-9-11-25-29(8-2)21-17-19(27(5)6)13-15-23(21)31-25;/h9-17H,7-8H2,1-6H3;1H/q+1;/p-1. The molecule has 0 unspecified atom stereocenters. The van der Waals surface area contributed by atoms with Gasteiger partial charge < -0.3 is 38.7 Å². The van der Waals surface area contributed by atoms with Crippen LogP contribution in [0.25, 0.3) is 16.3 Å². The van der Waals surface area contributed by atoms with Crippen molar-refractivity contribution in [3.05, 3.63) is 58.6 Å². The Hall–Kier alpha value is -1.71. The van der Waals surface area contributed by atoms with E-state index in [1.54, 1.807) is 0 Å². The molecule has 4 nitrogen and oxygen atoms in total. The number of fused-ring (bicyclic) bond motifs is 2. The van der Waals surface area contributed by atoms with E-state index in [1.807, 2.05) is 23.1 Å². The molecule has 1 aromatic heterocycles. The molecule has 0 radical (unpaired) electrons. The number of thiazole rings is 1. The van der Waals surface area contributed by atoms with Gasteiger partial charge in [-0.25, -0.2) is 0 Å². The van der Waals surface area contributed by atoms with Gasteiger partial charge in [0.15, 0.2) is 0 Å². The first-order valence-electron chi connectivity index (χ1n) is 10.7. The average molecular weight is 579 g/mol. The summed E-state index contributed by atoms with van der Waals surface area (Å²) < 4.78 is 3.73. The molecule has 1 aliphatic heterocycles. The van der Waals surface area contributed by atoms with Crippen LogP contribution in [0.3, 0.4) is 0 Å². The molecule has 2 heterocycles. The molecule has 0 N–H and O–H groups in total. The number of rotatable bonds is 6. The number of hydrogen-bond acceptors (Lipinski definition) is 5. The van der Waals surface area contributed by atoms with Gasteiger partial charge in [-0.3, -0.25) is 0 Å². The van der Waals surface area contributed by atoms with Crippen molar-refractivity contribution in [2.75, 3.05) is 49.4 Å². The Balaban J connectivity index is 0.00000289. The number of benzene rings is 2. The first kappa shape index (κ1) is 24.9. The first-order valence-corrected chi connectivity index (χ1v) is 12.3. The summed E-state index contributed by atoms with van der Waals surface area (Å²) in [5.41, 5.74) is 5.09. The molecule has 2 aromatic carbocycles. The molecule has 170 valence electrons. The number of allylic oxidation sites excluding steroid dienone is 2. The van der Waals surface area contributed by atoms with Gasteiger partial charge in [-0.15, -0.1) is 0 Å². The van der Waals surface area contributed by atoms with Crippen LogP contribution in [0.15, 0.2) is 58.5 Å². The zero-order chi connectivity index (χ0) is 22.1. The van der Waals surface area contributed by atoms with E-state index in [2.05, 4.69) is 116 Å². The first-order chi connectivity index (χ1) is 14.9. The van der Waals surface area contributed by atoms with Crippen molar-refractivity contribution in [2.24, 2.45) is 0 Å². The van der Waals surface area contributed by atoms with Gasteiger partial charge in [-0.2, -0.15) is 4.57 Å². The van der Waals surface area contributed by atoms with Gasteiger partial charge in [0, 0.05) is 63.1 Å². The van der Waals surface area contributed by atoms with E-state index in [4.69, 9.17) is 0 Å². The van der Waals surface area contributed by atoms with Crippen molar-refractivity contribution in [3.8, 4) is 0 Å². The van der Waals surface area contributed by atoms with Gasteiger partial charge in [-0.1, -0.05) is 29.2 Å². The number of halogens is 1. The summed E-state index contributed by atoms with van der Waals surface area (Å²) in [5, 5.41) is 2.56. The minimum Gasteiger partial charge on any atom is -1.00 e. The molecule has 4 rings (SSSR count). The lowest BCUT2D eigenvalue weighted by Crippen LogP contribution is -3.00. The minimum atomic E-state index is 0. The third kappa shape index (κ3) is 4.79. The molecule has 1 aliphatic rings. The molecule has 0 saturated heterocycles. The molecule has 0 fully saturated rings. The van der Waals surface area contributed by atoms with Crippen LogP contribution >= 0.6 is 23.1 Å². The molecule has 3 aromatic rings. The fourth-order valence-corrected chi connectivity index (χ4v) is 6.09. The third-order valence-corrected chi connectivity index (χ3v) is 7.83. The van der Waals surface area contributed by atoms with E-state index in [0.29, 0.717) is 0 Å². The summed E-state index contributed by atoms with van der Waals surface area (Å²) in [7, 11) is 8.37. The Morgan fingerprint density at radius 1 is 0.969 bits per heavy atom. The molecule has 32 heavy (non-hydrogen) atoms. The predicted octanol–water partition coefficient (Wildman–Crippen LogP) is 2.83. The molecule has 0 spiro atoms. The Morgan fingerprint density at radius 3 is 2.31 bits per heavy atom. The highest BCUT2D eigenvalue weighted by Crippen LogP contribution is 2.47. The van der Waals surface area contributed by atoms with Crippen molar-refractivity contribution in [1.29, 1.82) is 0 Å². The van der Waals surface area contributed by atoms with Crippen LogP contribution in [0.4, 0.5) is 17.1 Å². The normalized spacial score (nSPS) is 14.3. The second-order valence-electron chi connectivity index (χ2n) is 7.99.